The summed E-state index contributed by atoms with van der Waals surface area (Å²) in [6.07, 6.45) is 1.56. The predicted molar refractivity (Wildman–Crippen MR) is 103 cm³/mol. The van der Waals surface area contributed by atoms with Gasteiger partial charge in [0.05, 0.1) is 22.9 Å². The molecule has 0 aliphatic rings. The zero-order chi connectivity index (χ0) is 19.0. The highest BCUT2D eigenvalue weighted by Crippen LogP contribution is 2.29. The first-order valence-corrected chi connectivity index (χ1v) is 8.75. The second kappa shape index (κ2) is 6.72. The van der Waals surface area contributed by atoms with E-state index in [1.54, 1.807) is 31.4 Å². The van der Waals surface area contributed by atoms with Crippen LogP contribution in [0.4, 0.5) is 5.69 Å². The fourth-order valence-electron chi connectivity index (χ4n) is 3.13. The molecular weight excluding hydrogens is 342 g/mol. The molecule has 0 spiro atoms. The minimum absolute atomic E-state index is 0.241. The van der Waals surface area contributed by atoms with Crippen molar-refractivity contribution in [2.75, 3.05) is 5.32 Å². The van der Waals surface area contributed by atoms with Crippen molar-refractivity contribution in [3.8, 4) is 11.5 Å². The number of aromatic nitrogens is 2. The number of nitrogens with zero attached hydrogens (tertiary/aromatic N) is 2. The number of amides is 1. The number of hydrogen-bond donors (Lipinski definition) is 1. The molecule has 3 heterocycles. The molecule has 0 unspecified atom stereocenters. The van der Waals surface area contributed by atoms with E-state index >= 15 is 0 Å². The van der Waals surface area contributed by atoms with Crippen LogP contribution in [0.15, 0.2) is 57.7 Å². The third-order valence-electron chi connectivity index (χ3n) is 4.47. The standard InChI is InChI=1S/C21H19N3O3/c1-12(2)14-7-4-5-8-16(14)22-20(25)15-11-17(18-9-6-10-26-18)23-21-19(15)13(3)24-27-21/h4-12H,1-3H3,(H,22,25). The Morgan fingerprint density at radius 1 is 1.15 bits per heavy atom. The highest BCUT2D eigenvalue weighted by Gasteiger charge is 2.21. The summed E-state index contributed by atoms with van der Waals surface area (Å²) in [5.74, 6) is 0.604. The lowest BCUT2D eigenvalue weighted by molar-refractivity contribution is 0.102. The maximum absolute atomic E-state index is 13.1. The molecule has 0 atom stereocenters. The lowest BCUT2D eigenvalue weighted by Crippen LogP contribution is -2.14. The smallest absolute Gasteiger partial charge is 0.259 e. The summed E-state index contributed by atoms with van der Waals surface area (Å²) < 4.78 is 10.7. The van der Waals surface area contributed by atoms with Crippen molar-refractivity contribution in [2.45, 2.75) is 26.7 Å². The molecule has 0 fully saturated rings. The molecule has 1 amide bonds. The summed E-state index contributed by atoms with van der Waals surface area (Å²) >= 11 is 0. The largest absolute Gasteiger partial charge is 0.463 e. The van der Waals surface area contributed by atoms with Gasteiger partial charge < -0.3 is 14.3 Å². The van der Waals surface area contributed by atoms with Gasteiger partial charge in [0, 0.05) is 5.69 Å². The molecule has 1 aromatic carbocycles. The lowest BCUT2D eigenvalue weighted by Gasteiger charge is -2.14. The number of aryl methyl sites for hydroxylation is 1. The molecule has 3 aromatic heterocycles. The Labute approximate surface area is 156 Å². The van der Waals surface area contributed by atoms with Crippen LogP contribution >= 0.6 is 0 Å². The SMILES string of the molecule is Cc1noc2nc(-c3ccco3)cc(C(=O)Nc3ccccc3C(C)C)c12. The zero-order valence-corrected chi connectivity index (χ0v) is 15.3. The van der Waals surface area contributed by atoms with Gasteiger partial charge in [0.15, 0.2) is 5.76 Å². The van der Waals surface area contributed by atoms with E-state index in [-0.39, 0.29) is 11.8 Å². The third kappa shape index (κ3) is 3.10. The van der Waals surface area contributed by atoms with Crippen LogP contribution in [0.1, 0.15) is 41.4 Å². The predicted octanol–water partition coefficient (Wildman–Crippen LogP) is 5.17. The van der Waals surface area contributed by atoms with Gasteiger partial charge in [0.1, 0.15) is 5.69 Å². The summed E-state index contributed by atoms with van der Waals surface area (Å²) in [5.41, 5.74) is 3.75. The van der Waals surface area contributed by atoms with Crippen LogP contribution in [0.2, 0.25) is 0 Å². The van der Waals surface area contributed by atoms with Crippen molar-refractivity contribution in [2.24, 2.45) is 0 Å². The summed E-state index contributed by atoms with van der Waals surface area (Å²) in [6.45, 7) is 5.97. The molecule has 0 saturated carbocycles. The van der Waals surface area contributed by atoms with E-state index in [1.807, 2.05) is 24.3 Å². The van der Waals surface area contributed by atoms with Crippen molar-refractivity contribution in [1.29, 1.82) is 0 Å². The Bertz CT molecular complexity index is 1110. The number of anilines is 1. The Hall–Kier alpha value is -3.41. The Morgan fingerprint density at radius 3 is 2.70 bits per heavy atom. The fourth-order valence-corrected chi connectivity index (χ4v) is 3.13. The molecule has 6 nitrogen and oxygen atoms in total. The second-order valence-corrected chi connectivity index (χ2v) is 6.68. The number of nitrogens with one attached hydrogen (secondary N) is 1. The number of furan rings is 1. The maximum atomic E-state index is 13.1. The van der Waals surface area contributed by atoms with Crippen LogP contribution in [0.3, 0.4) is 0 Å². The molecule has 136 valence electrons. The molecule has 27 heavy (non-hydrogen) atoms. The first-order chi connectivity index (χ1) is 13.0. The van der Waals surface area contributed by atoms with Gasteiger partial charge in [-0.25, -0.2) is 4.98 Å². The van der Waals surface area contributed by atoms with Gasteiger partial charge >= 0.3 is 0 Å². The topological polar surface area (TPSA) is 81.2 Å². The third-order valence-corrected chi connectivity index (χ3v) is 4.47. The van der Waals surface area contributed by atoms with Gasteiger partial charge in [-0.05, 0) is 42.7 Å². The number of carbonyl (C=O) groups is 1. The number of hydrogen-bond acceptors (Lipinski definition) is 5. The average Bonchev–Trinajstić information content (AvgIpc) is 3.31. The van der Waals surface area contributed by atoms with Crippen LogP contribution in [0.25, 0.3) is 22.6 Å². The first-order valence-electron chi connectivity index (χ1n) is 8.75. The average molecular weight is 361 g/mol. The summed E-state index contributed by atoms with van der Waals surface area (Å²) in [5, 5.41) is 7.59. The Kier molecular flexibility index (Phi) is 4.24. The number of carbonyl (C=O) groups excluding carboxylic acids is 1. The van der Waals surface area contributed by atoms with E-state index in [0.29, 0.717) is 33.8 Å². The van der Waals surface area contributed by atoms with E-state index < -0.39 is 0 Å². The van der Waals surface area contributed by atoms with E-state index in [0.717, 1.165) is 11.3 Å². The molecule has 0 radical (unpaired) electrons. The normalized spacial score (nSPS) is 11.3. The van der Waals surface area contributed by atoms with Crippen molar-refractivity contribution in [3.05, 3.63) is 65.5 Å². The number of benzene rings is 1. The fraction of sp³-hybridized carbons (Fsp3) is 0.190. The van der Waals surface area contributed by atoms with E-state index in [9.17, 15) is 4.79 Å². The number of para-hydroxylation sites is 1. The minimum Gasteiger partial charge on any atom is -0.463 e. The zero-order valence-electron chi connectivity index (χ0n) is 15.3. The number of rotatable bonds is 4. The van der Waals surface area contributed by atoms with Gasteiger partial charge in [-0.2, -0.15) is 0 Å². The van der Waals surface area contributed by atoms with Gasteiger partial charge in [0.2, 0.25) is 0 Å². The summed E-state index contributed by atoms with van der Waals surface area (Å²) in [4.78, 5) is 17.6. The maximum Gasteiger partial charge on any atom is 0.259 e. The molecule has 0 aliphatic carbocycles. The van der Waals surface area contributed by atoms with Gasteiger partial charge in [-0.3, -0.25) is 4.79 Å². The van der Waals surface area contributed by atoms with Crippen LogP contribution in [0, 0.1) is 6.92 Å². The summed E-state index contributed by atoms with van der Waals surface area (Å²) in [6, 6.07) is 13.1. The minimum atomic E-state index is -0.241. The molecule has 0 saturated heterocycles. The van der Waals surface area contributed by atoms with E-state index in [1.165, 1.54) is 0 Å². The van der Waals surface area contributed by atoms with Crippen molar-refractivity contribution < 1.29 is 13.7 Å². The lowest BCUT2D eigenvalue weighted by atomic mass is 10.0. The van der Waals surface area contributed by atoms with Crippen LogP contribution in [-0.4, -0.2) is 16.0 Å². The molecule has 4 aromatic rings. The highest BCUT2D eigenvalue weighted by atomic mass is 16.5. The van der Waals surface area contributed by atoms with Gasteiger partial charge in [0.25, 0.3) is 11.6 Å². The van der Waals surface area contributed by atoms with Crippen molar-refractivity contribution in [3.63, 3.8) is 0 Å². The molecular formula is C21H19N3O3. The number of pyridine rings is 1. The van der Waals surface area contributed by atoms with Crippen LogP contribution in [-0.2, 0) is 0 Å². The van der Waals surface area contributed by atoms with Gasteiger partial charge in [-0.15, -0.1) is 0 Å². The molecule has 1 N–H and O–H groups in total. The van der Waals surface area contributed by atoms with Gasteiger partial charge in [-0.1, -0.05) is 37.2 Å². The molecule has 0 bridgehead atoms. The Morgan fingerprint density at radius 2 is 1.96 bits per heavy atom. The van der Waals surface area contributed by atoms with Crippen LogP contribution < -0.4 is 5.32 Å². The molecule has 6 heteroatoms. The van der Waals surface area contributed by atoms with Crippen molar-refractivity contribution in [1.82, 2.24) is 10.1 Å². The van der Waals surface area contributed by atoms with Crippen molar-refractivity contribution >= 4 is 22.7 Å². The Balaban J connectivity index is 1.81. The van der Waals surface area contributed by atoms with E-state index in [2.05, 4.69) is 29.3 Å². The first kappa shape index (κ1) is 17.0. The molecule has 0 aliphatic heterocycles. The highest BCUT2D eigenvalue weighted by molar-refractivity contribution is 6.13. The second-order valence-electron chi connectivity index (χ2n) is 6.68. The van der Waals surface area contributed by atoms with Crippen LogP contribution in [0.5, 0.6) is 0 Å². The number of fused-ring (bicyclic) bond motifs is 1. The quantitative estimate of drug-likeness (QED) is 0.542. The molecule has 4 rings (SSSR count). The summed E-state index contributed by atoms with van der Waals surface area (Å²) in [7, 11) is 0. The van der Waals surface area contributed by atoms with E-state index in [4.69, 9.17) is 8.94 Å². The monoisotopic (exact) mass is 361 g/mol.